The molecule has 0 aromatic heterocycles. The maximum atomic E-state index is 12.0. The van der Waals surface area contributed by atoms with Crippen LogP contribution >= 0.6 is 0 Å². The first-order valence-corrected chi connectivity index (χ1v) is 7.10. The van der Waals surface area contributed by atoms with Crippen LogP contribution in [-0.4, -0.2) is 25.1 Å². The van der Waals surface area contributed by atoms with E-state index in [1.54, 1.807) is 12.1 Å². The van der Waals surface area contributed by atoms with Gasteiger partial charge in [0.05, 0.1) is 0 Å². The van der Waals surface area contributed by atoms with Crippen molar-refractivity contribution in [3.05, 3.63) is 29.8 Å². The minimum absolute atomic E-state index is 0.0317. The molecule has 4 nitrogen and oxygen atoms in total. The van der Waals surface area contributed by atoms with E-state index in [1.165, 1.54) is 12.1 Å². The quantitative estimate of drug-likeness (QED) is 0.772. The lowest BCUT2D eigenvalue weighted by atomic mass is 10.1. The maximum Gasteiger partial charge on any atom is 0.387 e. The number of halogens is 2. The molecular weight excluding hydrogens is 278 g/mol. The Morgan fingerprint density at radius 1 is 1.33 bits per heavy atom. The van der Waals surface area contributed by atoms with Crippen molar-refractivity contribution in [3.8, 4) is 5.75 Å². The number of carbonyl (C=O) groups excluding carboxylic acids is 1. The van der Waals surface area contributed by atoms with Gasteiger partial charge in [-0.15, -0.1) is 0 Å². The molecule has 3 N–H and O–H groups in total. The molecule has 6 heteroatoms. The number of carbonyl (C=O) groups is 1. The first kappa shape index (κ1) is 15.7. The molecule has 1 amide bonds. The summed E-state index contributed by atoms with van der Waals surface area (Å²) < 4.78 is 28.3. The van der Waals surface area contributed by atoms with Crippen molar-refractivity contribution in [2.45, 2.75) is 38.3 Å². The lowest BCUT2D eigenvalue weighted by molar-refractivity contribution is -0.121. The second kappa shape index (κ2) is 7.36. The Bertz CT molecular complexity index is 461. The summed E-state index contributed by atoms with van der Waals surface area (Å²) in [6, 6.07) is 6.37. The monoisotopic (exact) mass is 298 g/mol. The fraction of sp³-hybridized carbons (Fsp3) is 0.533. The van der Waals surface area contributed by atoms with Gasteiger partial charge < -0.3 is 15.8 Å². The number of amides is 1. The number of benzene rings is 1. The summed E-state index contributed by atoms with van der Waals surface area (Å²) in [5, 5.41) is 2.82. The van der Waals surface area contributed by atoms with Crippen LogP contribution in [0.15, 0.2) is 24.3 Å². The fourth-order valence-corrected chi connectivity index (χ4v) is 2.16. The Morgan fingerprint density at radius 3 is 2.57 bits per heavy atom. The van der Waals surface area contributed by atoms with Gasteiger partial charge in [0.25, 0.3) is 0 Å². The Morgan fingerprint density at radius 2 is 2.00 bits per heavy atom. The maximum absolute atomic E-state index is 12.0. The van der Waals surface area contributed by atoms with E-state index in [9.17, 15) is 13.6 Å². The van der Waals surface area contributed by atoms with Gasteiger partial charge in [0, 0.05) is 19.0 Å². The molecule has 1 saturated carbocycles. The molecule has 1 fully saturated rings. The van der Waals surface area contributed by atoms with Crippen molar-refractivity contribution in [1.29, 1.82) is 0 Å². The molecule has 0 aliphatic heterocycles. The normalized spacial score (nSPS) is 15.8. The molecule has 0 radical (unpaired) electrons. The van der Waals surface area contributed by atoms with Crippen LogP contribution in [0, 0.1) is 5.92 Å². The van der Waals surface area contributed by atoms with Gasteiger partial charge in [-0.05, 0) is 42.9 Å². The molecule has 0 spiro atoms. The molecular formula is C15H20F2N2O2. The lowest BCUT2D eigenvalue weighted by Crippen LogP contribution is -2.33. The Hall–Kier alpha value is -1.69. The van der Waals surface area contributed by atoms with Gasteiger partial charge in [-0.1, -0.05) is 12.1 Å². The number of nitrogens with one attached hydrogen (secondary N) is 1. The standard InChI is InChI=1S/C15H20F2N2O2/c16-15(17)21-12-5-1-10(2-6-12)7-8-19-14(20)9-13(18)11-3-4-11/h1-2,5-6,11,13,15H,3-4,7-9,18H2,(H,19,20). The largest absolute Gasteiger partial charge is 0.435 e. The summed E-state index contributed by atoms with van der Waals surface area (Å²) in [6.45, 7) is -2.31. The van der Waals surface area contributed by atoms with Crippen molar-refractivity contribution in [2.24, 2.45) is 11.7 Å². The van der Waals surface area contributed by atoms with Gasteiger partial charge in [-0.25, -0.2) is 0 Å². The van der Waals surface area contributed by atoms with Crippen LogP contribution in [0.5, 0.6) is 5.75 Å². The zero-order chi connectivity index (χ0) is 15.2. The fourth-order valence-electron chi connectivity index (χ4n) is 2.16. The second-order valence-corrected chi connectivity index (χ2v) is 5.33. The van der Waals surface area contributed by atoms with Crippen LogP contribution in [0.1, 0.15) is 24.8 Å². The summed E-state index contributed by atoms with van der Waals surface area (Å²) in [6.07, 6.45) is 3.26. The van der Waals surface area contributed by atoms with E-state index in [0.29, 0.717) is 25.3 Å². The van der Waals surface area contributed by atoms with Crippen LogP contribution in [0.25, 0.3) is 0 Å². The lowest BCUT2D eigenvalue weighted by Gasteiger charge is -2.10. The molecule has 1 aliphatic carbocycles. The van der Waals surface area contributed by atoms with E-state index in [4.69, 9.17) is 5.73 Å². The van der Waals surface area contributed by atoms with Crippen LogP contribution in [-0.2, 0) is 11.2 Å². The number of hydrogen-bond donors (Lipinski definition) is 2. The minimum atomic E-state index is -2.81. The smallest absolute Gasteiger partial charge is 0.387 e. The van der Waals surface area contributed by atoms with Gasteiger partial charge in [0.1, 0.15) is 5.75 Å². The van der Waals surface area contributed by atoms with Gasteiger partial charge in [-0.2, -0.15) is 8.78 Å². The molecule has 2 rings (SSSR count). The summed E-state index contributed by atoms with van der Waals surface area (Å²) >= 11 is 0. The van der Waals surface area contributed by atoms with E-state index >= 15 is 0 Å². The number of hydrogen-bond acceptors (Lipinski definition) is 3. The third-order valence-corrected chi connectivity index (χ3v) is 3.53. The van der Waals surface area contributed by atoms with Crippen LogP contribution in [0.3, 0.4) is 0 Å². The first-order valence-electron chi connectivity index (χ1n) is 7.10. The Labute approximate surface area is 122 Å². The molecule has 0 heterocycles. The van der Waals surface area contributed by atoms with Crippen molar-refractivity contribution < 1.29 is 18.3 Å². The number of nitrogens with two attached hydrogens (primary N) is 1. The van der Waals surface area contributed by atoms with Crippen LogP contribution in [0.4, 0.5) is 8.78 Å². The average molecular weight is 298 g/mol. The van der Waals surface area contributed by atoms with E-state index in [1.807, 2.05) is 0 Å². The molecule has 0 bridgehead atoms. The Kier molecular flexibility index (Phi) is 5.50. The van der Waals surface area contributed by atoms with Gasteiger partial charge in [0.2, 0.25) is 5.91 Å². The van der Waals surface area contributed by atoms with E-state index in [2.05, 4.69) is 10.1 Å². The zero-order valence-corrected chi connectivity index (χ0v) is 11.7. The predicted molar refractivity (Wildman–Crippen MR) is 75.1 cm³/mol. The number of rotatable bonds is 8. The minimum Gasteiger partial charge on any atom is -0.435 e. The highest BCUT2D eigenvalue weighted by Gasteiger charge is 2.29. The van der Waals surface area contributed by atoms with Gasteiger partial charge >= 0.3 is 6.61 Å². The van der Waals surface area contributed by atoms with Crippen molar-refractivity contribution in [3.63, 3.8) is 0 Å². The topological polar surface area (TPSA) is 64.4 Å². The van der Waals surface area contributed by atoms with Gasteiger partial charge in [-0.3, -0.25) is 4.79 Å². The van der Waals surface area contributed by atoms with Crippen molar-refractivity contribution >= 4 is 5.91 Å². The average Bonchev–Trinajstić information content (AvgIpc) is 3.24. The second-order valence-electron chi connectivity index (χ2n) is 5.33. The van der Waals surface area contributed by atoms with E-state index in [0.717, 1.165) is 18.4 Å². The van der Waals surface area contributed by atoms with E-state index in [-0.39, 0.29) is 17.7 Å². The predicted octanol–water partition coefficient (Wildman–Crippen LogP) is 2.07. The third-order valence-electron chi connectivity index (χ3n) is 3.53. The van der Waals surface area contributed by atoms with Crippen molar-refractivity contribution in [2.75, 3.05) is 6.54 Å². The number of alkyl halides is 2. The Balaban J connectivity index is 1.66. The van der Waals surface area contributed by atoms with Crippen molar-refractivity contribution in [1.82, 2.24) is 5.32 Å². The first-order chi connectivity index (χ1) is 10.0. The molecule has 1 atom stereocenters. The van der Waals surface area contributed by atoms with E-state index < -0.39 is 6.61 Å². The highest BCUT2D eigenvalue weighted by Crippen LogP contribution is 2.32. The molecule has 1 unspecified atom stereocenters. The summed E-state index contributed by atoms with van der Waals surface area (Å²) in [4.78, 5) is 11.7. The highest BCUT2D eigenvalue weighted by atomic mass is 19.3. The van der Waals surface area contributed by atoms with Crippen LogP contribution in [0.2, 0.25) is 0 Å². The molecule has 116 valence electrons. The summed E-state index contributed by atoms with van der Waals surface area (Å²) in [7, 11) is 0. The third kappa shape index (κ3) is 5.67. The zero-order valence-electron chi connectivity index (χ0n) is 11.7. The molecule has 1 aromatic carbocycles. The number of ether oxygens (including phenoxy) is 1. The summed E-state index contributed by atoms with van der Waals surface area (Å²) in [5.41, 5.74) is 6.83. The molecule has 1 aromatic rings. The van der Waals surface area contributed by atoms with Gasteiger partial charge in [0.15, 0.2) is 0 Å². The highest BCUT2D eigenvalue weighted by molar-refractivity contribution is 5.76. The SMILES string of the molecule is NC(CC(=O)NCCc1ccc(OC(F)F)cc1)C1CC1. The molecule has 21 heavy (non-hydrogen) atoms. The van der Waals surface area contributed by atoms with Crippen LogP contribution < -0.4 is 15.8 Å². The molecule has 1 aliphatic rings. The molecule has 0 saturated heterocycles. The summed E-state index contributed by atoms with van der Waals surface area (Å²) in [5.74, 6) is 0.610.